The summed E-state index contributed by atoms with van der Waals surface area (Å²) in [5, 5.41) is 13.5. The molecular formula is C11H19NO3S. The van der Waals surface area contributed by atoms with E-state index >= 15 is 0 Å². The van der Waals surface area contributed by atoms with Gasteiger partial charge in [0.2, 0.25) is 10.0 Å². The summed E-state index contributed by atoms with van der Waals surface area (Å²) >= 11 is 0. The SMILES string of the molecule is CC(C)C.NS(=O)(=O)c1ccc(CO)cc1. The van der Waals surface area contributed by atoms with Crippen molar-refractivity contribution in [1.29, 1.82) is 0 Å². The lowest BCUT2D eigenvalue weighted by atomic mass is 10.2. The number of aliphatic hydroxyl groups is 1. The van der Waals surface area contributed by atoms with E-state index in [1.165, 1.54) is 24.3 Å². The number of nitrogens with two attached hydrogens (primary N) is 1. The Kier molecular flexibility index (Phi) is 6.25. The molecule has 1 aromatic carbocycles. The Morgan fingerprint density at radius 2 is 1.56 bits per heavy atom. The zero-order valence-electron chi connectivity index (χ0n) is 9.84. The monoisotopic (exact) mass is 245 g/mol. The van der Waals surface area contributed by atoms with Crippen LogP contribution in [0.2, 0.25) is 0 Å². The predicted octanol–water partition coefficient (Wildman–Crippen LogP) is 1.49. The molecule has 0 heterocycles. The average Bonchev–Trinajstić information content (AvgIpc) is 2.16. The summed E-state index contributed by atoms with van der Waals surface area (Å²) in [6.45, 7) is 6.39. The molecule has 4 nitrogen and oxygen atoms in total. The van der Waals surface area contributed by atoms with Crippen LogP contribution in [0.4, 0.5) is 0 Å². The van der Waals surface area contributed by atoms with Gasteiger partial charge in [-0.1, -0.05) is 32.9 Å². The van der Waals surface area contributed by atoms with Gasteiger partial charge in [0.1, 0.15) is 0 Å². The van der Waals surface area contributed by atoms with Crippen molar-refractivity contribution < 1.29 is 13.5 Å². The summed E-state index contributed by atoms with van der Waals surface area (Å²) in [5.41, 5.74) is 0.655. The number of hydrogen-bond acceptors (Lipinski definition) is 3. The van der Waals surface area contributed by atoms with E-state index < -0.39 is 10.0 Å². The highest BCUT2D eigenvalue weighted by Gasteiger charge is 2.05. The zero-order chi connectivity index (χ0) is 12.8. The van der Waals surface area contributed by atoms with E-state index in [9.17, 15) is 8.42 Å². The second-order valence-corrected chi connectivity index (χ2v) is 5.64. The number of primary sulfonamides is 1. The maximum atomic E-state index is 10.7. The van der Waals surface area contributed by atoms with Gasteiger partial charge in [-0.2, -0.15) is 0 Å². The molecule has 16 heavy (non-hydrogen) atoms. The summed E-state index contributed by atoms with van der Waals surface area (Å²) in [5.74, 6) is 0.833. The largest absolute Gasteiger partial charge is 0.392 e. The van der Waals surface area contributed by atoms with Gasteiger partial charge in [-0.25, -0.2) is 13.6 Å². The van der Waals surface area contributed by atoms with E-state index in [1.807, 2.05) is 0 Å². The van der Waals surface area contributed by atoms with E-state index in [0.29, 0.717) is 5.56 Å². The van der Waals surface area contributed by atoms with Gasteiger partial charge in [-0.15, -0.1) is 0 Å². The predicted molar refractivity (Wildman–Crippen MR) is 64.3 cm³/mol. The highest BCUT2D eigenvalue weighted by atomic mass is 32.2. The van der Waals surface area contributed by atoms with Gasteiger partial charge in [0, 0.05) is 0 Å². The van der Waals surface area contributed by atoms with Crippen molar-refractivity contribution in [2.24, 2.45) is 11.1 Å². The minimum atomic E-state index is -3.61. The molecule has 1 aromatic rings. The molecule has 0 aromatic heterocycles. The molecule has 0 aliphatic carbocycles. The van der Waals surface area contributed by atoms with E-state index in [4.69, 9.17) is 10.2 Å². The first kappa shape index (κ1) is 15.1. The Balaban J connectivity index is 0.000000487. The van der Waals surface area contributed by atoms with Crippen LogP contribution in [-0.4, -0.2) is 13.5 Å². The molecule has 0 saturated heterocycles. The smallest absolute Gasteiger partial charge is 0.238 e. The van der Waals surface area contributed by atoms with Gasteiger partial charge in [-0.3, -0.25) is 0 Å². The van der Waals surface area contributed by atoms with E-state index in [1.54, 1.807) is 0 Å². The Morgan fingerprint density at radius 1 is 1.19 bits per heavy atom. The maximum Gasteiger partial charge on any atom is 0.238 e. The topological polar surface area (TPSA) is 80.4 Å². The highest BCUT2D eigenvalue weighted by molar-refractivity contribution is 7.89. The van der Waals surface area contributed by atoms with Crippen molar-refractivity contribution in [3.63, 3.8) is 0 Å². The quantitative estimate of drug-likeness (QED) is 0.828. The fourth-order valence-electron chi connectivity index (χ4n) is 0.785. The fraction of sp³-hybridized carbons (Fsp3) is 0.455. The van der Waals surface area contributed by atoms with Crippen LogP contribution in [0, 0.1) is 5.92 Å². The summed E-state index contributed by atoms with van der Waals surface area (Å²) in [6, 6.07) is 5.75. The van der Waals surface area contributed by atoms with Crippen molar-refractivity contribution in [3.8, 4) is 0 Å². The van der Waals surface area contributed by atoms with E-state index in [0.717, 1.165) is 5.92 Å². The van der Waals surface area contributed by atoms with E-state index in [-0.39, 0.29) is 11.5 Å². The molecule has 0 bridgehead atoms. The third kappa shape index (κ3) is 6.55. The minimum Gasteiger partial charge on any atom is -0.392 e. The maximum absolute atomic E-state index is 10.7. The molecule has 92 valence electrons. The lowest BCUT2D eigenvalue weighted by Gasteiger charge is -1.98. The number of sulfonamides is 1. The molecule has 0 unspecified atom stereocenters. The van der Waals surface area contributed by atoms with Crippen LogP contribution in [0.25, 0.3) is 0 Å². The first-order valence-electron chi connectivity index (χ1n) is 5.00. The van der Waals surface area contributed by atoms with Crippen molar-refractivity contribution >= 4 is 10.0 Å². The number of rotatable bonds is 2. The molecule has 0 aliphatic heterocycles. The van der Waals surface area contributed by atoms with Crippen LogP contribution >= 0.6 is 0 Å². The first-order chi connectivity index (χ1) is 7.27. The normalized spacial score (nSPS) is 10.9. The molecule has 0 saturated carbocycles. The molecular weight excluding hydrogens is 226 g/mol. The summed E-state index contributed by atoms with van der Waals surface area (Å²) in [6.07, 6.45) is 0. The Labute approximate surface area is 97.2 Å². The molecule has 0 radical (unpaired) electrons. The molecule has 0 amide bonds. The summed E-state index contributed by atoms with van der Waals surface area (Å²) in [7, 11) is -3.61. The third-order valence-electron chi connectivity index (χ3n) is 1.43. The molecule has 0 atom stereocenters. The van der Waals surface area contributed by atoms with Crippen LogP contribution < -0.4 is 5.14 Å². The Bertz CT molecular complexity index is 393. The van der Waals surface area contributed by atoms with Crippen LogP contribution in [0.1, 0.15) is 26.3 Å². The molecule has 0 aliphatic rings. The fourth-order valence-corrected chi connectivity index (χ4v) is 1.30. The lowest BCUT2D eigenvalue weighted by molar-refractivity contribution is 0.282. The van der Waals surface area contributed by atoms with Crippen molar-refractivity contribution in [1.82, 2.24) is 0 Å². The van der Waals surface area contributed by atoms with E-state index in [2.05, 4.69) is 20.8 Å². The van der Waals surface area contributed by atoms with Crippen molar-refractivity contribution in [2.75, 3.05) is 0 Å². The van der Waals surface area contributed by atoms with Crippen molar-refractivity contribution in [2.45, 2.75) is 32.3 Å². The molecule has 0 spiro atoms. The molecule has 1 rings (SSSR count). The molecule has 5 heteroatoms. The minimum absolute atomic E-state index is 0.0553. The Morgan fingerprint density at radius 3 is 1.81 bits per heavy atom. The van der Waals surface area contributed by atoms with Crippen LogP contribution in [0.15, 0.2) is 29.2 Å². The van der Waals surface area contributed by atoms with Gasteiger partial charge in [0.05, 0.1) is 11.5 Å². The first-order valence-corrected chi connectivity index (χ1v) is 6.54. The Hall–Kier alpha value is -0.910. The van der Waals surface area contributed by atoms with Gasteiger partial charge < -0.3 is 5.11 Å². The van der Waals surface area contributed by atoms with Crippen LogP contribution in [0.3, 0.4) is 0 Å². The van der Waals surface area contributed by atoms with Crippen LogP contribution in [0.5, 0.6) is 0 Å². The third-order valence-corrected chi connectivity index (χ3v) is 2.36. The number of aliphatic hydroxyl groups excluding tert-OH is 1. The zero-order valence-corrected chi connectivity index (χ0v) is 10.7. The molecule has 3 N–H and O–H groups in total. The second kappa shape index (κ2) is 6.62. The van der Waals surface area contributed by atoms with Crippen molar-refractivity contribution in [3.05, 3.63) is 29.8 Å². The van der Waals surface area contributed by atoms with Gasteiger partial charge in [0.15, 0.2) is 0 Å². The standard InChI is InChI=1S/C7H9NO3S.C4H10/c8-12(10,11)7-3-1-6(5-9)2-4-7;1-4(2)3/h1-4,9H,5H2,(H2,8,10,11);4H,1-3H3. The number of benzene rings is 1. The molecule has 0 fully saturated rings. The lowest BCUT2D eigenvalue weighted by Crippen LogP contribution is -2.11. The average molecular weight is 245 g/mol. The summed E-state index contributed by atoms with van der Waals surface area (Å²) < 4.78 is 21.5. The van der Waals surface area contributed by atoms with Gasteiger partial charge in [-0.05, 0) is 23.6 Å². The van der Waals surface area contributed by atoms with Crippen LogP contribution in [-0.2, 0) is 16.6 Å². The van der Waals surface area contributed by atoms with Gasteiger partial charge in [0.25, 0.3) is 0 Å². The second-order valence-electron chi connectivity index (χ2n) is 4.08. The highest BCUT2D eigenvalue weighted by Crippen LogP contribution is 2.07. The summed E-state index contributed by atoms with van der Waals surface area (Å²) in [4.78, 5) is 0.0553. The number of hydrogen-bond donors (Lipinski definition) is 2. The van der Waals surface area contributed by atoms with Gasteiger partial charge >= 0.3 is 0 Å².